The van der Waals surface area contributed by atoms with E-state index < -0.39 is 11.7 Å². The lowest BCUT2D eigenvalue weighted by Gasteiger charge is -2.11. The summed E-state index contributed by atoms with van der Waals surface area (Å²) in [6.07, 6.45) is -1.06. The van der Waals surface area contributed by atoms with Crippen LogP contribution in [-0.4, -0.2) is 9.97 Å². The molecule has 1 aromatic heterocycles. The molecule has 2 aromatic rings. The molecule has 0 aliphatic rings. The average Bonchev–Trinajstić information content (AvgIpc) is 2.40. The number of halogens is 3. The molecule has 20 heavy (non-hydrogen) atoms. The normalized spacial score (nSPS) is 11.7. The van der Waals surface area contributed by atoms with Crippen LogP contribution >= 0.6 is 11.8 Å². The zero-order valence-corrected chi connectivity index (χ0v) is 11.4. The van der Waals surface area contributed by atoms with Gasteiger partial charge in [0.1, 0.15) is 0 Å². The second kappa shape index (κ2) is 5.80. The van der Waals surface area contributed by atoms with Crippen LogP contribution in [0.2, 0.25) is 0 Å². The highest BCUT2D eigenvalue weighted by atomic mass is 32.2. The molecule has 1 aromatic carbocycles. The van der Waals surface area contributed by atoms with E-state index in [1.807, 2.05) is 6.92 Å². The first kappa shape index (κ1) is 14.8. The first-order valence-corrected chi connectivity index (χ1v) is 6.58. The number of rotatable bonds is 3. The van der Waals surface area contributed by atoms with Crippen LogP contribution in [0.1, 0.15) is 16.7 Å². The molecule has 0 saturated heterocycles. The van der Waals surface area contributed by atoms with Gasteiger partial charge >= 0.3 is 6.18 Å². The van der Waals surface area contributed by atoms with E-state index >= 15 is 0 Å². The molecule has 0 aliphatic carbocycles. The van der Waals surface area contributed by atoms with Crippen molar-refractivity contribution >= 4 is 11.8 Å². The van der Waals surface area contributed by atoms with Gasteiger partial charge in [-0.25, -0.2) is 9.97 Å². The average molecular weight is 299 g/mol. The molecule has 0 unspecified atom stereocenters. The van der Waals surface area contributed by atoms with Crippen LogP contribution in [0.3, 0.4) is 0 Å². The van der Waals surface area contributed by atoms with Crippen LogP contribution in [0.15, 0.2) is 40.6 Å². The number of benzene rings is 1. The summed E-state index contributed by atoms with van der Waals surface area (Å²) in [5.74, 6) is 0. The Hall–Kier alpha value is -1.60. The van der Waals surface area contributed by atoms with Crippen molar-refractivity contribution in [2.45, 2.75) is 29.7 Å². The Morgan fingerprint density at radius 3 is 2.40 bits per heavy atom. The van der Waals surface area contributed by atoms with Crippen LogP contribution < -0.4 is 5.73 Å². The Bertz CT molecular complexity index is 597. The van der Waals surface area contributed by atoms with Crippen molar-refractivity contribution in [3.05, 3.63) is 47.3 Å². The number of aryl methyl sites for hydroxylation is 1. The highest BCUT2D eigenvalue weighted by Crippen LogP contribution is 2.34. The molecule has 7 heteroatoms. The molecule has 0 bridgehead atoms. The lowest BCUT2D eigenvalue weighted by atomic mass is 10.1. The molecular weight excluding hydrogens is 287 g/mol. The number of nitrogens with two attached hydrogens (primary N) is 1. The van der Waals surface area contributed by atoms with Crippen molar-refractivity contribution in [1.82, 2.24) is 9.97 Å². The van der Waals surface area contributed by atoms with E-state index in [9.17, 15) is 13.2 Å². The molecule has 106 valence electrons. The number of hydrogen-bond donors (Lipinski definition) is 1. The second-order valence-electron chi connectivity index (χ2n) is 4.17. The summed E-state index contributed by atoms with van der Waals surface area (Å²) in [7, 11) is 0. The number of nitrogens with zero attached hydrogens (tertiary/aromatic N) is 2. The minimum Gasteiger partial charge on any atom is -0.326 e. The van der Waals surface area contributed by atoms with Crippen molar-refractivity contribution in [2.75, 3.05) is 0 Å². The summed E-state index contributed by atoms with van der Waals surface area (Å²) in [5, 5.41) is 0.477. The summed E-state index contributed by atoms with van der Waals surface area (Å²) in [4.78, 5) is 8.85. The molecule has 0 atom stereocenters. The molecule has 0 amide bonds. The summed E-state index contributed by atoms with van der Waals surface area (Å²) in [5.41, 5.74) is 6.16. The van der Waals surface area contributed by atoms with E-state index in [-0.39, 0.29) is 6.54 Å². The Labute approximate surface area is 118 Å². The van der Waals surface area contributed by atoms with Gasteiger partial charge in [0.15, 0.2) is 5.16 Å². The minimum absolute atomic E-state index is 0.0259. The predicted octanol–water partition coefficient (Wildman–Crippen LogP) is 3.41. The van der Waals surface area contributed by atoms with Crippen molar-refractivity contribution in [3.63, 3.8) is 0 Å². The molecule has 2 N–H and O–H groups in total. The van der Waals surface area contributed by atoms with Gasteiger partial charge in [-0.2, -0.15) is 13.2 Å². The second-order valence-corrected chi connectivity index (χ2v) is 5.18. The van der Waals surface area contributed by atoms with Crippen molar-refractivity contribution in [1.29, 1.82) is 0 Å². The molecule has 3 nitrogen and oxygen atoms in total. The van der Waals surface area contributed by atoms with Crippen molar-refractivity contribution in [3.8, 4) is 0 Å². The fourth-order valence-corrected chi connectivity index (χ4v) is 2.36. The molecule has 2 rings (SSSR count). The SMILES string of the molecule is Cc1cnc(Sc2ccc(C(F)(F)F)cc2CN)nc1. The zero-order chi connectivity index (χ0) is 14.8. The van der Waals surface area contributed by atoms with Crippen molar-refractivity contribution < 1.29 is 13.2 Å². The van der Waals surface area contributed by atoms with E-state index in [4.69, 9.17) is 5.73 Å². The highest BCUT2D eigenvalue weighted by Gasteiger charge is 2.30. The van der Waals surface area contributed by atoms with Crippen molar-refractivity contribution in [2.24, 2.45) is 5.73 Å². The monoisotopic (exact) mass is 299 g/mol. The lowest BCUT2D eigenvalue weighted by Crippen LogP contribution is -2.07. The van der Waals surface area contributed by atoms with E-state index in [2.05, 4.69) is 9.97 Å². The lowest BCUT2D eigenvalue weighted by molar-refractivity contribution is -0.137. The summed E-state index contributed by atoms with van der Waals surface area (Å²) in [6, 6.07) is 3.51. The molecule has 0 fully saturated rings. The van der Waals surface area contributed by atoms with Crippen LogP contribution in [0.25, 0.3) is 0 Å². The minimum atomic E-state index is -4.37. The third-order valence-corrected chi connectivity index (χ3v) is 3.58. The van der Waals surface area contributed by atoms with E-state index in [1.54, 1.807) is 12.4 Å². The van der Waals surface area contributed by atoms with Gasteiger partial charge in [0.2, 0.25) is 0 Å². The fraction of sp³-hybridized carbons (Fsp3) is 0.231. The molecule has 1 heterocycles. The van der Waals surface area contributed by atoms with Crippen LogP contribution in [-0.2, 0) is 12.7 Å². The standard InChI is InChI=1S/C13H12F3N3S/c1-8-6-18-12(19-7-8)20-11-3-2-10(13(14,15)16)4-9(11)5-17/h2-4,6-7H,5,17H2,1H3. The van der Waals surface area contributed by atoms with Gasteiger partial charge in [-0.15, -0.1) is 0 Å². The largest absolute Gasteiger partial charge is 0.416 e. The van der Waals surface area contributed by atoms with Crippen LogP contribution in [0.4, 0.5) is 13.2 Å². The fourth-order valence-electron chi connectivity index (χ4n) is 1.55. The summed E-state index contributed by atoms with van der Waals surface area (Å²) < 4.78 is 37.9. The molecule has 0 aliphatic heterocycles. The summed E-state index contributed by atoms with van der Waals surface area (Å²) >= 11 is 1.20. The third kappa shape index (κ3) is 3.49. The third-order valence-electron chi connectivity index (χ3n) is 2.57. The molecule has 0 radical (unpaired) electrons. The van der Waals surface area contributed by atoms with Gasteiger partial charge in [0.05, 0.1) is 5.56 Å². The Balaban J connectivity index is 2.30. The van der Waals surface area contributed by atoms with Gasteiger partial charge in [-0.05, 0) is 48.0 Å². The van der Waals surface area contributed by atoms with E-state index in [1.165, 1.54) is 17.8 Å². The van der Waals surface area contributed by atoms with Crippen LogP contribution in [0, 0.1) is 6.92 Å². The quantitative estimate of drug-likeness (QED) is 0.882. The van der Waals surface area contributed by atoms with E-state index in [0.29, 0.717) is 15.6 Å². The zero-order valence-electron chi connectivity index (χ0n) is 10.6. The molecule has 0 saturated carbocycles. The smallest absolute Gasteiger partial charge is 0.326 e. The number of aromatic nitrogens is 2. The molecular formula is C13H12F3N3S. The first-order valence-electron chi connectivity index (χ1n) is 5.77. The van der Waals surface area contributed by atoms with E-state index in [0.717, 1.165) is 17.7 Å². The van der Waals surface area contributed by atoms with Gasteiger partial charge in [-0.1, -0.05) is 0 Å². The maximum Gasteiger partial charge on any atom is 0.416 e. The van der Waals surface area contributed by atoms with Crippen LogP contribution in [0.5, 0.6) is 0 Å². The Morgan fingerprint density at radius 1 is 1.20 bits per heavy atom. The molecule has 0 spiro atoms. The highest BCUT2D eigenvalue weighted by molar-refractivity contribution is 7.99. The predicted molar refractivity (Wildman–Crippen MR) is 70.2 cm³/mol. The number of alkyl halides is 3. The summed E-state index contributed by atoms with van der Waals surface area (Å²) in [6.45, 7) is 1.88. The maximum atomic E-state index is 12.6. The number of hydrogen-bond acceptors (Lipinski definition) is 4. The van der Waals surface area contributed by atoms with Gasteiger partial charge < -0.3 is 5.73 Å². The first-order chi connectivity index (χ1) is 9.40. The van der Waals surface area contributed by atoms with Gasteiger partial charge in [0.25, 0.3) is 0 Å². The Kier molecular flexibility index (Phi) is 4.29. The topological polar surface area (TPSA) is 51.8 Å². The van der Waals surface area contributed by atoms with Gasteiger partial charge in [0, 0.05) is 23.8 Å². The Morgan fingerprint density at radius 2 is 1.85 bits per heavy atom. The maximum absolute atomic E-state index is 12.6. The van der Waals surface area contributed by atoms with Gasteiger partial charge in [-0.3, -0.25) is 0 Å².